The van der Waals surface area contributed by atoms with Crippen molar-refractivity contribution in [2.75, 3.05) is 42.3 Å². The van der Waals surface area contributed by atoms with Crippen LogP contribution in [0.3, 0.4) is 0 Å². The van der Waals surface area contributed by atoms with Gasteiger partial charge in [0.25, 0.3) is 10.1 Å². The Morgan fingerprint density at radius 2 is 2.00 bits per heavy atom. The topological polar surface area (TPSA) is 144 Å². The van der Waals surface area contributed by atoms with E-state index in [1.54, 1.807) is 31.2 Å². The van der Waals surface area contributed by atoms with Gasteiger partial charge in [-0.15, -0.1) is 0 Å². The Morgan fingerprint density at radius 1 is 1.26 bits per heavy atom. The van der Waals surface area contributed by atoms with Gasteiger partial charge in [0.05, 0.1) is 13.2 Å². The van der Waals surface area contributed by atoms with E-state index >= 15 is 0 Å². The first-order chi connectivity index (χ1) is 12.9. The fourth-order valence-electron chi connectivity index (χ4n) is 2.62. The molecule has 144 valence electrons. The lowest BCUT2D eigenvalue weighted by Gasteiger charge is -2.26. The van der Waals surface area contributed by atoms with Crippen molar-refractivity contribution in [3.8, 4) is 0 Å². The minimum absolute atomic E-state index is 0.0366. The third-order valence-corrected chi connectivity index (χ3v) is 4.74. The van der Waals surface area contributed by atoms with Crippen LogP contribution in [0, 0.1) is 0 Å². The van der Waals surface area contributed by atoms with Crippen molar-refractivity contribution in [2.24, 2.45) is 0 Å². The Hall–Kier alpha value is -2.76. The molecule has 1 aromatic carbocycles. The van der Waals surface area contributed by atoms with Gasteiger partial charge in [-0.25, -0.2) is 0 Å². The molecule has 3 rings (SSSR count). The predicted octanol–water partition coefficient (Wildman–Crippen LogP) is 1.31. The maximum absolute atomic E-state index is 11.7. The molecule has 1 saturated heterocycles. The summed E-state index contributed by atoms with van der Waals surface area (Å²) in [6, 6.07) is 4.52. The Bertz CT molecular complexity index is 957. The number of rotatable bonds is 5. The quantitative estimate of drug-likeness (QED) is 0.637. The van der Waals surface area contributed by atoms with Crippen LogP contribution in [0.2, 0.25) is 0 Å². The van der Waals surface area contributed by atoms with Crippen LogP contribution in [-0.4, -0.2) is 54.2 Å². The number of nitrogens with two attached hydrogens (primary N) is 1. The van der Waals surface area contributed by atoms with Crippen LogP contribution in [0.15, 0.2) is 29.2 Å². The number of anilines is 4. The first-order valence-corrected chi connectivity index (χ1v) is 9.66. The molecule has 1 aliphatic heterocycles. The number of nitrogens with one attached hydrogen (secondary N) is 1. The van der Waals surface area contributed by atoms with Crippen molar-refractivity contribution in [3.63, 3.8) is 0 Å². The van der Waals surface area contributed by atoms with Crippen molar-refractivity contribution in [3.05, 3.63) is 29.8 Å². The zero-order valence-electron chi connectivity index (χ0n) is 14.7. The monoisotopic (exact) mass is 392 g/mol. The molecule has 4 N–H and O–H groups in total. The van der Waals surface area contributed by atoms with E-state index in [2.05, 4.69) is 20.3 Å². The normalized spacial score (nSPS) is 15.3. The number of ether oxygens (including phenoxy) is 1. The average molecular weight is 392 g/mol. The molecule has 2 aromatic rings. The first kappa shape index (κ1) is 19.0. The molecule has 0 bridgehead atoms. The highest BCUT2D eigenvalue weighted by molar-refractivity contribution is 7.86. The second-order valence-electron chi connectivity index (χ2n) is 5.77. The first-order valence-electron chi connectivity index (χ1n) is 8.22. The number of nitrogen functional groups attached to an aromatic ring is 1. The van der Waals surface area contributed by atoms with Gasteiger partial charge in [-0.1, -0.05) is 18.2 Å². The fraction of sp³-hybridized carbons (Fsp3) is 0.312. The third-order valence-electron chi connectivity index (χ3n) is 3.83. The summed E-state index contributed by atoms with van der Waals surface area (Å²) in [5.74, 6) is 0.618. The van der Waals surface area contributed by atoms with Gasteiger partial charge >= 0.3 is 0 Å². The molecule has 2 heterocycles. The molecule has 0 saturated carbocycles. The number of benzene rings is 1. The van der Waals surface area contributed by atoms with E-state index in [0.29, 0.717) is 43.5 Å². The number of aromatic nitrogens is 3. The van der Waals surface area contributed by atoms with E-state index in [9.17, 15) is 13.0 Å². The van der Waals surface area contributed by atoms with Crippen LogP contribution in [0.4, 0.5) is 23.5 Å². The summed E-state index contributed by atoms with van der Waals surface area (Å²) in [5.41, 5.74) is 6.53. The van der Waals surface area contributed by atoms with Gasteiger partial charge in [0.2, 0.25) is 17.8 Å². The van der Waals surface area contributed by atoms with Gasteiger partial charge in [0.1, 0.15) is 4.90 Å². The Balaban J connectivity index is 1.92. The van der Waals surface area contributed by atoms with E-state index in [4.69, 9.17) is 10.5 Å². The Morgan fingerprint density at radius 3 is 2.67 bits per heavy atom. The second-order valence-corrected chi connectivity index (χ2v) is 7.16. The number of hydrogen-bond donors (Lipinski definition) is 3. The van der Waals surface area contributed by atoms with Crippen molar-refractivity contribution in [1.29, 1.82) is 0 Å². The molecule has 1 aromatic heterocycles. The standard InChI is InChI=1S/C16H20N6O4S/c1-2-3-11-4-5-12(10-13(11)27(23,24)25)18-15-19-14(17)20-16(21-15)22-6-8-26-9-7-22/h2-5,10H,6-9H2,1H3,(H,23,24,25)(H3,17,18,19,20,21)/b3-2+. The molecule has 27 heavy (non-hydrogen) atoms. The van der Waals surface area contributed by atoms with Gasteiger partial charge in [0, 0.05) is 18.8 Å². The summed E-state index contributed by atoms with van der Waals surface area (Å²) in [6.07, 6.45) is 3.27. The summed E-state index contributed by atoms with van der Waals surface area (Å²) in [5, 5.41) is 2.91. The van der Waals surface area contributed by atoms with Crippen LogP contribution < -0.4 is 16.0 Å². The van der Waals surface area contributed by atoms with Crippen LogP contribution in [-0.2, 0) is 14.9 Å². The zero-order valence-corrected chi connectivity index (χ0v) is 15.5. The average Bonchev–Trinajstić information content (AvgIpc) is 2.62. The smallest absolute Gasteiger partial charge is 0.295 e. The molecule has 0 spiro atoms. The molecule has 1 fully saturated rings. The minimum Gasteiger partial charge on any atom is -0.378 e. The molecule has 1 aliphatic rings. The van der Waals surface area contributed by atoms with Crippen LogP contribution in [0.1, 0.15) is 12.5 Å². The fourth-order valence-corrected chi connectivity index (χ4v) is 3.33. The summed E-state index contributed by atoms with van der Waals surface area (Å²) >= 11 is 0. The second kappa shape index (κ2) is 7.86. The molecule has 0 amide bonds. The summed E-state index contributed by atoms with van der Waals surface area (Å²) in [7, 11) is -4.40. The van der Waals surface area contributed by atoms with Crippen molar-refractivity contribution in [2.45, 2.75) is 11.8 Å². The lowest BCUT2D eigenvalue weighted by atomic mass is 10.2. The number of hydrogen-bond acceptors (Lipinski definition) is 9. The molecule has 0 aliphatic carbocycles. The highest BCUT2D eigenvalue weighted by Crippen LogP contribution is 2.24. The van der Waals surface area contributed by atoms with Crippen molar-refractivity contribution in [1.82, 2.24) is 15.0 Å². The largest absolute Gasteiger partial charge is 0.378 e. The summed E-state index contributed by atoms with van der Waals surface area (Å²) < 4.78 is 38.1. The molecule has 0 radical (unpaired) electrons. The Kier molecular flexibility index (Phi) is 5.54. The highest BCUT2D eigenvalue weighted by Gasteiger charge is 2.18. The lowest BCUT2D eigenvalue weighted by molar-refractivity contribution is 0.122. The van der Waals surface area contributed by atoms with Crippen LogP contribution in [0.25, 0.3) is 6.08 Å². The van der Waals surface area contributed by atoms with E-state index in [1.807, 2.05) is 4.90 Å². The van der Waals surface area contributed by atoms with E-state index in [1.165, 1.54) is 6.07 Å². The predicted molar refractivity (Wildman–Crippen MR) is 102 cm³/mol. The third kappa shape index (κ3) is 4.70. The highest BCUT2D eigenvalue weighted by atomic mass is 32.2. The molecule has 0 unspecified atom stereocenters. The molecular weight excluding hydrogens is 372 g/mol. The SMILES string of the molecule is C/C=C/c1ccc(Nc2nc(N)nc(N3CCOCC3)n2)cc1S(=O)(=O)O. The van der Waals surface area contributed by atoms with Crippen LogP contribution >= 0.6 is 0 Å². The minimum atomic E-state index is -4.40. The van der Waals surface area contributed by atoms with Crippen LogP contribution in [0.5, 0.6) is 0 Å². The summed E-state index contributed by atoms with van der Waals surface area (Å²) in [6.45, 7) is 4.15. The molecule has 10 nitrogen and oxygen atoms in total. The van der Waals surface area contributed by atoms with Gasteiger partial charge in [-0.2, -0.15) is 23.4 Å². The maximum atomic E-state index is 11.7. The zero-order chi connectivity index (χ0) is 19.4. The number of nitrogens with zero attached hydrogens (tertiary/aromatic N) is 4. The number of allylic oxidation sites excluding steroid dienone is 1. The van der Waals surface area contributed by atoms with Gasteiger partial charge in [0.15, 0.2) is 0 Å². The van der Waals surface area contributed by atoms with Gasteiger partial charge < -0.3 is 20.7 Å². The number of morpholine rings is 1. The molecular formula is C16H20N6O4S. The Labute approximate surface area is 156 Å². The van der Waals surface area contributed by atoms with E-state index < -0.39 is 10.1 Å². The van der Waals surface area contributed by atoms with E-state index in [0.717, 1.165) is 0 Å². The lowest BCUT2D eigenvalue weighted by Crippen LogP contribution is -2.37. The van der Waals surface area contributed by atoms with Crippen molar-refractivity contribution < 1.29 is 17.7 Å². The van der Waals surface area contributed by atoms with Crippen molar-refractivity contribution >= 4 is 39.7 Å². The maximum Gasteiger partial charge on any atom is 0.295 e. The van der Waals surface area contributed by atoms with Gasteiger partial charge in [-0.3, -0.25) is 4.55 Å². The molecule has 0 atom stereocenters. The van der Waals surface area contributed by atoms with E-state index in [-0.39, 0.29) is 16.8 Å². The van der Waals surface area contributed by atoms with Gasteiger partial charge in [-0.05, 0) is 24.6 Å². The molecule has 11 heteroatoms. The summed E-state index contributed by atoms with van der Waals surface area (Å²) in [4.78, 5) is 14.2.